The number of hydrogen-bond acceptors (Lipinski definition) is 4. The number of anilines is 3. The maximum atomic E-state index is 13.7. The zero-order chi connectivity index (χ0) is 19.6. The Bertz CT molecular complexity index is 1020. The lowest BCUT2D eigenvalue weighted by Gasteiger charge is -2.12. The molecule has 0 saturated carbocycles. The Hall–Kier alpha value is -3.35. The number of halogens is 2. The number of aryl methyl sites for hydroxylation is 3. The summed E-state index contributed by atoms with van der Waals surface area (Å²) < 4.78 is 26.7. The Labute approximate surface area is 155 Å². The second-order valence-electron chi connectivity index (χ2n) is 6.21. The molecule has 0 fully saturated rings. The van der Waals surface area contributed by atoms with E-state index in [4.69, 9.17) is 0 Å². The van der Waals surface area contributed by atoms with E-state index in [1.165, 1.54) is 6.07 Å². The van der Waals surface area contributed by atoms with Crippen LogP contribution in [0.5, 0.6) is 0 Å². The molecule has 0 saturated heterocycles. The molecule has 7 heteroatoms. The molecule has 0 aliphatic rings. The SMILES string of the molecule is Cc1ccc(Nc2cc(C(=O)Nc3ccc(F)cc3F)nc(C)n2)c(C)c1. The summed E-state index contributed by atoms with van der Waals surface area (Å²) in [7, 11) is 0. The van der Waals surface area contributed by atoms with Crippen molar-refractivity contribution in [1.82, 2.24) is 9.97 Å². The highest BCUT2D eigenvalue weighted by atomic mass is 19.1. The van der Waals surface area contributed by atoms with Crippen LogP contribution in [0.25, 0.3) is 0 Å². The molecular weight excluding hydrogens is 350 g/mol. The summed E-state index contributed by atoms with van der Waals surface area (Å²) in [5, 5.41) is 5.56. The van der Waals surface area contributed by atoms with E-state index in [1.807, 2.05) is 32.0 Å². The number of nitrogens with one attached hydrogen (secondary N) is 2. The van der Waals surface area contributed by atoms with Crippen molar-refractivity contribution in [2.45, 2.75) is 20.8 Å². The normalized spacial score (nSPS) is 10.6. The van der Waals surface area contributed by atoms with Crippen LogP contribution in [0.4, 0.5) is 26.0 Å². The average Bonchev–Trinajstić information content (AvgIpc) is 2.59. The Kier molecular flexibility index (Phi) is 5.12. The molecule has 3 aromatic rings. The van der Waals surface area contributed by atoms with Crippen molar-refractivity contribution in [1.29, 1.82) is 0 Å². The lowest BCUT2D eigenvalue weighted by Crippen LogP contribution is -2.16. The first-order chi connectivity index (χ1) is 12.8. The van der Waals surface area contributed by atoms with Gasteiger partial charge in [-0.2, -0.15) is 0 Å². The van der Waals surface area contributed by atoms with Gasteiger partial charge in [-0.05, 0) is 44.5 Å². The van der Waals surface area contributed by atoms with E-state index in [0.717, 1.165) is 28.9 Å². The number of benzene rings is 2. The van der Waals surface area contributed by atoms with Crippen molar-refractivity contribution in [3.8, 4) is 0 Å². The van der Waals surface area contributed by atoms with Crippen molar-refractivity contribution in [2.24, 2.45) is 0 Å². The van der Waals surface area contributed by atoms with Gasteiger partial charge < -0.3 is 10.6 Å². The average molecular weight is 368 g/mol. The topological polar surface area (TPSA) is 66.9 Å². The number of carbonyl (C=O) groups is 1. The zero-order valence-electron chi connectivity index (χ0n) is 15.1. The zero-order valence-corrected chi connectivity index (χ0v) is 15.1. The predicted molar refractivity (Wildman–Crippen MR) is 100 cm³/mol. The third-order valence-electron chi connectivity index (χ3n) is 3.89. The summed E-state index contributed by atoms with van der Waals surface area (Å²) >= 11 is 0. The van der Waals surface area contributed by atoms with Crippen LogP contribution < -0.4 is 10.6 Å². The van der Waals surface area contributed by atoms with Gasteiger partial charge in [0.1, 0.15) is 29.0 Å². The van der Waals surface area contributed by atoms with E-state index in [-0.39, 0.29) is 11.4 Å². The molecule has 138 valence electrons. The molecule has 1 amide bonds. The number of aromatic nitrogens is 2. The minimum atomic E-state index is -0.859. The maximum Gasteiger partial charge on any atom is 0.274 e. The van der Waals surface area contributed by atoms with Gasteiger partial charge in [0.15, 0.2) is 0 Å². The van der Waals surface area contributed by atoms with E-state index in [1.54, 1.807) is 6.92 Å². The van der Waals surface area contributed by atoms with Crippen molar-refractivity contribution in [2.75, 3.05) is 10.6 Å². The molecular formula is C20H18F2N4O. The molecule has 1 heterocycles. The fraction of sp³-hybridized carbons (Fsp3) is 0.150. The minimum absolute atomic E-state index is 0.0680. The fourth-order valence-corrected chi connectivity index (χ4v) is 2.62. The molecule has 3 rings (SSSR count). The second kappa shape index (κ2) is 7.49. The van der Waals surface area contributed by atoms with Gasteiger partial charge in [-0.25, -0.2) is 18.7 Å². The Morgan fingerprint density at radius 2 is 1.67 bits per heavy atom. The highest BCUT2D eigenvalue weighted by Crippen LogP contribution is 2.21. The Balaban J connectivity index is 1.85. The lowest BCUT2D eigenvalue weighted by molar-refractivity contribution is 0.102. The molecule has 2 aromatic carbocycles. The summed E-state index contributed by atoms with van der Waals surface area (Å²) in [6.07, 6.45) is 0. The molecule has 0 bridgehead atoms. The highest BCUT2D eigenvalue weighted by molar-refractivity contribution is 6.03. The van der Waals surface area contributed by atoms with Crippen LogP contribution >= 0.6 is 0 Å². The van der Waals surface area contributed by atoms with Crippen LogP contribution in [0.1, 0.15) is 27.4 Å². The number of nitrogens with zero attached hydrogens (tertiary/aromatic N) is 2. The summed E-state index contributed by atoms with van der Waals surface area (Å²) in [4.78, 5) is 20.8. The van der Waals surface area contributed by atoms with Gasteiger partial charge >= 0.3 is 0 Å². The van der Waals surface area contributed by atoms with Gasteiger partial charge in [0.25, 0.3) is 5.91 Å². The maximum absolute atomic E-state index is 13.7. The van der Waals surface area contributed by atoms with Crippen molar-refractivity contribution in [3.63, 3.8) is 0 Å². The number of rotatable bonds is 4. The van der Waals surface area contributed by atoms with Gasteiger partial charge in [-0.15, -0.1) is 0 Å². The molecule has 0 aliphatic heterocycles. The Morgan fingerprint density at radius 3 is 2.37 bits per heavy atom. The molecule has 5 nitrogen and oxygen atoms in total. The van der Waals surface area contributed by atoms with Crippen LogP contribution in [0.15, 0.2) is 42.5 Å². The van der Waals surface area contributed by atoms with Gasteiger partial charge in [-0.1, -0.05) is 17.7 Å². The third kappa shape index (κ3) is 4.44. The van der Waals surface area contributed by atoms with Gasteiger partial charge in [0, 0.05) is 17.8 Å². The third-order valence-corrected chi connectivity index (χ3v) is 3.89. The Morgan fingerprint density at radius 1 is 0.926 bits per heavy atom. The van der Waals surface area contributed by atoms with Crippen molar-refractivity contribution < 1.29 is 13.6 Å². The number of carbonyl (C=O) groups excluding carboxylic acids is 1. The molecule has 0 unspecified atom stereocenters. The fourth-order valence-electron chi connectivity index (χ4n) is 2.62. The van der Waals surface area contributed by atoms with Crippen LogP contribution in [0, 0.1) is 32.4 Å². The molecule has 1 aromatic heterocycles. The standard InChI is InChI=1S/C20H18F2N4O/c1-11-4-6-16(12(2)8-11)25-19-10-18(23-13(3)24-19)20(27)26-17-7-5-14(21)9-15(17)22/h4-10H,1-3H3,(H,26,27)(H,23,24,25). The van der Waals surface area contributed by atoms with E-state index >= 15 is 0 Å². The lowest BCUT2D eigenvalue weighted by atomic mass is 10.1. The summed E-state index contributed by atoms with van der Waals surface area (Å²) in [5.41, 5.74) is 2.97. The first kappa shape index (κ1) is 18.4. The van der Waals surface area contributed by atoms with E-state index in [0.29, 0.717) is 17.7 Å². The number of amides is 1. The van der Waals surface area contributed by atoms with E-state index in [2.05, 4.69) is 20.6 Å². The van der Waals surface area contributed by atoms with Crippen LogP contribution in [0.3, 0.4) is 0 Å². The van der Waals surface area contributed by atoms with Gasteiger partial charge in [-0.3, -0.25) is 4.79 Å². The van der Waals surface area contributed by atoms with Gasteiger partial charge in [0.2, 0.25) is 0 Å². The summed E-state index contributed by atoms with van der Waals surface area (Å²) in [6, 6.07) is 10.3. The largest absolute Gasteiger partial charge is 0.340 e. The first-order valence-electron chi connectivity index (χ1n) is 8.28. The van der Waals surface area contributed by atoms with Crippen LogP contribution in [-0.4, -0.2) is 15.9 Å². The van der Waals surface area contributed by atoms with Gasteiger partial charge in [0.05, 0.1) is 5.69 Å². The molecule has 0 radical (unpaired) electrons. The quantitative estimate of drug-likeness (QED) is 0.702. The van der Waals surface area contributed by atoms with Crippen molar-refractivity contribution >= 4 is 23.1 Å². The molecule has 27 heavy (non-hydrogen) atoms. The monoisotopic (exact) mass is 368 g/mol. The van der Waals surface area contributed by atoms with Crippen molar-refractivity contribution in [3.05, 3.63) is 76.7 Å². The van der Waals surface area contributed by atoms with Crippen LogP contribution in [-0.2, 0) is 0 Å². The highest BCUT2D eigenvalue weighted by Gasteiger charge is 2.14. The smallest absolute Gasteiger partial charge is 0.274 e. The number of hydrogen-bond donors (Lipinski definition) is 2. The molecule has 0 aliphatic carbocycles. The molecule has 2 N–H and O–H groups in total. The van der Waals surface area contributed by atoms with E-state index < -0.39 is 17.5 Å². The molecule has 0 spiro atoms. The molecule has 0 atom stereocenters. The summed E-state index contributed by atoms with van der Waals surface area (Å²) in [6.45, 7) is 5.62. The van der Waals surface area contributed by atoms with Crippen LogP contribution in [0.2, 0.25) is 0 Å². The van der Waals surface area contributed by atoms with E-state index in [9.17, 15) is 13.6 Å². The first-order valence-corrected chi connectivity index (χ1v) is 8.28. The summed E-state index contributed by atoms with van der Waals surface area (Å²) in [5.74, 6) is -1.37. The second-order valence-corrected chi connectivity index (χ2v) is 6.21. The minimum Gasteiger partial charge on any atom is -0.340 e. The predicted octanol–water partition coefficient (Wildman–Crippen LogP) is 4.68.